The number of fused-ring (bicyclic) bond motifs is 3. The molecule has 1 N–H and O–H groups in total. The Morgan fingerprint density at radius 2 is 1.83 bits per heavy atom. The Labute approximate surface area is 180 Å². The molecule has 1 aliphatic heterocycles. The van der Waals surface area contributed by atoms with Crippen LogP contribution in [0.4, 0.5) is 0 Å². The molecule has 3 atom stereocenters. The summed E-state index contributed by atoms with van der Waals surface area (Å²) in [5.41, 5.74) is -0.966. The minimum Gasteiger partial charge on any atom is -0.494 e. The largest absolute Gasteiger partial charge is 0.494 e. The zero-order chi connectivity index (χ0) is 20.9. The van der Waals surface area contributed by atoms with Crippen molar-refractivity contribution in [2.75, 3.05) is 6.61 Å². The molecule has 1 saturated carbocycles. The van der Waals surface area contributed by atoms with Crippen molar-refractivity contribution < 1.29 is 19.4 Å². The third kappa shape index (κ3) is 2.47. The van der Waals surface area contributed by atoms with Crippen LogP contribution in [-0.2, 0) is 16.0 Å². The van der Waals surface area contributed by atoms with Gasteiger partial charge in [0.25, 0.3) is 0 Å². The molecule has 0 unspecified atom stereocenters. The highest BCUT2D eigenvalue weighted by Crippen LogP contribution is 2.65. The molecular weight excluding hydrogens is 400 g/mol. The fourth-order valence-corrected chi connectivity index (χ4v) is 5.08. The van der Waals surface area contributed by atoms with Crippen molar-refractivity contribution >= 4 is 17.4 Å². The van der Waals surface area contributed by atoms with Crippen molar-refractivity contribution in [1.29, 1.82) is 0 Å². The van der Waals surface area contributed by atoms with Crippen LogP contribution in [0.5, 0.6) is 11.5 Å². The predicted octanol–water partition coefficient (Wildman–Crippen LogP) is 4.97. The third-order valence-corrected chi connectivity index (χ3v) is 6.47. The van der Waals surface area contributed by atoms with Crippen LogP contribution in [0.1, 0.15) is 36.0 Å². The molecule has 0 saturated heterocycles. The minimum absolute atomic E-state index is 0.176. The number of ketones is 1. The molecule has 0 spiro atoms. The van der Waals surface area contributed by atoms with E-state index in [4.69, 9.17) is 21.1 Å². The standard InChI is InChI=1S/C25H21ClO4/c1-2-29-19-12-13-20-22(14-19)30-25(17-8-10-18(26)11-9-17)21(15-23(27)24(20,25)28)16-6-4-3-5-7-16/h3-14,21,28H,2,15H2,1H3/t21-,24+,25+/m0/s1. The first-order valence-electron chi connectivity index (χ1n) is 10.0. The summed E-state index contributed by atoms with van der Waals surface area (Å²) in [6, 6.07) is 22.2. The average molecular weight is 421 g/mol. The SMILES string of the molecule is CCOc1ccc2c(c1)O[C@]1(c3ccc(Cl)cc3)[C@H](c3ccccc3)CC(=O)[C@]21O. The molecular formula is C25H21ClO4. The Hall–Kier alpha value is -2.82. The van der Waals surface area contributed by atoms with E-state index in [1.165, 1.54) is 0 Å². The Bertz CT molecular complexity index is 1110. The predicted molar refractivity (Wildman–Crippen MR) is 114 cm³/mol. The second-order valence-electron chi connectivity index (χ2n) is 7.74. The van der Waals surface area contributed by atoms with E-state index < -0.39 is 11.2 Å². The number of hydrogen-bond donors (Lipinski definition) is 1. The first kappa shape index (κ1) is 19.2. The molecule has 2 aliphatic rings. The second kappa shape index (κ2) is 6.86. The van der Waals surface area contributed by atoms with Gasteiger partial charge in [-0.3, -0.25) is 4.79 Å². The highest BCUT2D eigenvalue weighted by Gasteiger charge is 2.73. The number of benzene rings is 3. The van der Waals surface area contributed by atoms with E-state index in [1.807, 2.05) is 49.4 Å². The van der Waals surface area contributed by atoms with Gasteiger partial charge in [-0.15, -0.1) is 0 Å². The van der Waals surface area contributed by atoms with Gasteiger partial charge >= 0.3 is 0 Å². The van der Waals surface area contributed by atoms with E-state index in [-0.39, 0.29) is 18.1 Å². The van der Waals surface area contributed by atoms with E-state index in [0.29, 0.717) is 34.3 Å². The van der Waals surface area contributed by atoms with Crippen LogP contribution in [0.25, 0.3) is 0 Å². The van der Waals surface area contributed by atoms with E-state index in [9.17, 15) is 9.90 Å². The average Bonchev–Trinajstić information content (AvgIpc) is 3.15. The highest BCUT2D eigenvalue weighted by molar-refractivity contribution is 6.30. The molecule has 0 aromatic heterocycles. The lowest BCUT2D eigenvalue weighted by Gasteiger charge is -2.39. The maximum absolute atomic E-state index is 13.4. The minimum atomic E-state index is -1.80. The number of ether oxygens (including phenoxy) is 2. The molecule has 5 heteroatoms. The molecule has 1 heterocycles. The molecule has 1 aliphatic carbocycles. The summed E-state index contributed by atoms with van der Waals surface area (Å²) < 4.78 is 12.2. The van der Waals surface area contributed by atoms with Gasteiger partial charge in [0.05, 0.1) is 6.61 Å². The molecule has 1 fully saturated rings. The number of carbonyl (C=O) groups excluding carboxylic acids is 1. The molecule has 0 radical (unpaired) electrons. The van der Waals surface area contributed by atoms with E-state index in [0.717, 1.165) is 5.56 Å². The number of aliphatic hydroxyl groups is 1. The summed E-state index contributed by atoms with van der Waals surface area (Å²) in [6.07, 6.45) is 0.176. The Kier molecular flexibility index (Phi) is 4.38. The smallest absolute Gasteiger partial charge is 0.196 e. The van der Waals surface area contributed by atoms with Crippen molar-refractivity contribution in [3.63, 3.8) is 0 Å². The van der Waals surface area contributed by atoms with Crippen molar-refractivity contribution in [1.82, 2.24) is 0 Å². The lowest BCUT2D eigenvalue weighted by molar-refractivity contribution is -0.151. The van der Waals surface area contributed by atoms with E-state index >= 15 is 0 Å². The second-order valence-corrected chi connectivity index (χ2v) is 8.17. The highest BCUT2D eigenvalue weighted by atomic mass is 35.5. The summed E-state index contributed by atoms with van der Waals surface area (Å²) in [5, 5.41) is 12.6. The fourth-order valence-electron chi connectivity index (χ4n) is 4.95. The number of carbonyl (C=O) groups is 1. The monoisotopic (exact) mass is 420 g/mol. The first-order chi connectivity index (χ1) is 14.5. The van der Waals surface area contributed by atoms with Gasteiger partial charge < -0.3 is 14.6 Å². The number of halogens is 1. The Balaban J connectivity index is 1.77. The Morgan fingerprint density at radius 1 is 1.10 bits per heavy atom. The Morgan fingerprint density at radius 3 is 2.53 bits per heavy atom. The molecule has 0 amide bonds. The third-order valence-electron chi connectivity index (χ3n) is 6.22. The lowest BCUT2D eigenvalue weighted by Crippen LogP contribution is -2.50. The van der Waals surface area contributed by atoms with Gasteiger partial charge in [-0.1, -0.05) is 54.1 Å². The topological polar surface area (TPSA) is 55.8 Å². The van der Waals surface area contributed by atoms with Gasteiger partial charge in [-0.25, -0.2) is 0 Å². The fraction of sp³-hybridized carbons (Fsp3) is 0.240. The van der Waals surface area contributed by atoms with Crippen molar-refractivity contribution in [3.05, 3.63) is 94.5 Å². The molecule has 3 aromatic carbocycles. The van der Waals surface area contributed by atoms with Gasteiger partial charge in [0.2, 0.25) is 0 Å². The van der Waals surface area contributed by atoms with Crippen LogP contribution in [0, 0.1) is 0 Å². The molecule has 152 valence electrons. The van der Waals surface area contributed by atoms with Gasteiger partial charge in [0, 0.05) is 29.0 Å². The van der Waals surface area contributed by atoms with Crippen LogP contribution in [0.2, 0.25) is 5.02 Å². The van der Waals surface area contributed by atoms with Crippen LogP contribution < -0.4 is 9.47 Å². The molecule has 3 aromatic rings. The van der Waals surface area contributed by atoms with Crippen molar-refractivity contribution in [2.45, 2.75) is 30.5 Å². The van der Waals surface area contributed by atoms with Gasteiger partial charge in [-0.2, -0.15) is 0 Å². The molecule has 5 rings (SSSR count). The first-order valence-corrected chi connectivity index (χ1v) is 10.4. The maximum atomic E-state index is 13.4. The van der Waals surface area contributed by atoms with Gasteiger partial charge in [0.15, 0.2) is 17.0 Å². The van der Waals surface area contributed by atoms with Crippen molar-refractivity contribution in [3.8, 4) is 11.5 Å². The van der Waals surface area contributed by atoms with Crippen molar-refractivity contribution in [2.24, 2.45) is 0 Å². The van der Waals surface area contributed by atoms with Crippen LogP contribution in [0.15, 0.2) is 72.8 Å². The van der Waals surface area contributed by atoms with Crippen LogP contribution in [0.3, 0.4) is 0 Å². The van der Waals surface area contributed by atoms with Gasteiger partial charge in [0.1, 0.15) is 11.5 Å². The molecule has 4 nitrogen and oxygen atoms in total. The quantitative estimate of drug-likeness (QED) is 0.647. The zero-order valence-electron chi connectivity index (χ0n) is 16.5. The summed E-state index contributed by atoms with van der Waals surface area (Å²) in [4.78, 5) is 13.4. The van der Waals surface area contributed by atoms with Crippen LogP contribution in [-0.4, -0.2) is 17.5 Å². The van der Waals surface area contributed by atoms with E-state index in [1.54, 1.807) is 30.3 Å². The maximum Gasteiger partial charge on any atom is 0.196 e. The summed E-state index contributed by atoms with van der Waals surface area (Å²) >= 11 is 6.13. The lowest BCUT2D eigenvalue weighted by atomic mass is 9.71. The summed E-state index contributed by atoms with van der Waals surface area (Å²) in [7, 11) is 0. The van der Waals surface area contributed by atoms with Crippen LogP contribution >= 0.6 is 11.6 Å². The van der Waals surface area contributed by atoms with Gasteiger partial charge in [-0.05, 0) is 42.3 Å². The number of hydrogen-bond acceptors (Lipinski definition) is 4. The van der Waals surface area contributed by atoms with E-state index in [2.05, 4.69) is 0 Å². The normalized spacial score (nSPS) is 26.8. The number of rotatable bonds is 4. The zero-order valence-corrected chi connectivity index (χ0v) is 17.2. The molecule has 0 bridgehead atoms. The summed E-state index contributed by atoms with van der Waals surface area (Å²) in [6.45, 7) is 2.41. The summed E-state index contributed by atoms with van der Waals surface area (Å²) in [5.74, 6) is 0.483. The number of Topliss-reactive ketones (excluding diaryl/α,β-unsaturated/α-hetero) is 1. The molecule has 30 heavy (non-hydrogen) atoms.